The lowest BCUT2D eigenvalue weighted by Crippen LogP contribution is -1.99. The van der Waals surface area contributed by atoms with Gasteiger partial charge in [-0.3, -0.25) is 9.36 Å². The lowest BCUT2D eigenvalue weighted by Gasteiger charge is -2.02. The fraction of sp³-hybridized carbons (Fsp3) is 0.667. The lowest BCUT2D eigenvalue weighted by molar-refractivity contribution is 0.493. The molecule has 2 rings (SSSR count). The van der Waals surface area contributed by atoms with Crippen LogP contribution < -0.4 is 0 Å². The molecular formula is C12H20N6. The van der Waals surface area contributed by atoms with Crippen molar-refractivity contribution < 1.29 is 0 Å². The molecule has 0 spiro atoms. The topological polar surface area (TPSA) is 61.4 Å². The molecule has 18 heavy (non-hydrogen) atoms. The van der Waals surface area contributed by atoms with E-state index in [1.807, 2.05) is 21.8 Å². The quantitative estimate of drug-likeness (QED) is 0.636. The second kappa shape index (κ2) is 7.58. The van der Waals surface area contributed by atoms with Crippen LogP contribution in [0.25, 0.3) is 0 Å². The molecule has 0 aromatic carbocycles. The molecule has 0 amide bonds. The van der Waals surface area contributed by atoms with Gasteiger partial charge in [0.15, 0.2) is 0 Å². The Labute approximate surface area is 107 Å². The fourth-order valence-corrected chi connectivity index (χ4v) is 1.96. The standard InChI is InChI=1S/C12H20N6/c1(3-5-9-17-11-7-13-15-17)2-4-6-10-18-12-8-14-16-18/h7-8,11-12H,1-6,9-10H2. The van der Waals surface area contributed by atoms with Gasteiger partial charge in [0.25, 0.3) is 0 Å². The van der Waals surface area contributed by atoms with Gasteiger partial charge in [-0.1, -0.05) is 36.1 Å². The third-order valence-corrected chi connectivity index (χ3v) is 2.97. The fourth-order valence-electron chi connectivity index (χ4n) is 1.96. The van der Waals surface area contributed by atoms with E-state index in [1.165, 1.54) is 38.5 Å². The number of hydrogen-bond acceptors (Lipinski definition) is 4. The zero-order chi connectivity index (χ0) is 12.5. The summed E-state index contributed by atoms with van der Waals surface area (Å²) >= 11 is 0. The van der Waals surface area contributed by atoms with Crippen molar-refractivity contribution in [3.63, 3.8) is 0 Å². The highest BCUT2D eigenvalue weighted by Gasteiger charge is 1.95. The van der Waals surface area contributed by atoms with Crippen molar-refractivity contribution in [2.24, 2.45) is 0 Å². The van der Waals surface area contributed by atoms with Crippen LogP contribution in [-0.2, 0) is 13.1 Å². The van der Waals surface area contributed by atoms with Gasteiger partial charge in [0, 0.05) is 25.5 Å². The Hall–Kier alpha value is -1.72. The van der Waals surface area contributed by atoms with E-state index in [4.69, 9.17) is 0 Å². The van der Waals surface area contributed by atoms with Gasteiger partial charge in [0.05, 0.1) is 12.4 Å². The van der Waals surface area contributed by atoms with Crippen LogP contribution in [0.3, 0.4) is 0 Å². The molecule has 0 fully saturated rings. The molecule has 0 aliphatic rings. The normalized spacial score (nSPS) is 10.9. The monoisotopic (exact) mass is 248 g/mol. The zero-order valence-corrected chi connectivity index (χ0v) is 10.6. The Morgan fingerprint density at radius 2 is 1.06 bits per heavy atom. The highest BCUT2D eigenvalue weighted by atomic mass is 15.4. The maximum Gasteiger partial charge on any atom is 0.0692 e. The first kappa shape index (κ1) is 12.7. The minimum absolute atomic E-state index is 0.985. The van der Waals surface area contributed by atoms with Crippen LogP contribution in [0.4, 0.5) is 0 Å². The Balaban J connectivity index is 1.40. The number of unbranched alkanes of at least 4 members (excludes halogenated alkanes) is 5. The van der Waals surface area contributed by atoms with Gasteiger partial charge in [-0.05, 0) is 12.8 Å². The summed E-state index contributed by atoms with van der Waals surface area (Å²) in [5.74, 6) is 0. The van der Waals surface area contributed by atoms with E-state index in [0.717, 1.165) is 13.1 Å². The Bertz CT molecular complexity index is 354. The minimum Gasteiger partial charge on any atom is -0.253 e. The molecule has 2 heterocycles. The van der Waals surface area contributed by atoms with E-state index < -0.39 is 0 Å². The molecular weight excluding hydrogens is 228 g/mol. The summed E-state index contributed by atoms with van der Waals surface area (Å²) in [4.78, 5) is 0. The predicted octanol–water partition coefficient (Wildman–Crippen LogP) is 1.91. The molecule has 0 N–H and O–H groups in total. The smallest absolute Gasteiger partial charge is 0.0692 e. The number of hydrogen-bond donors (Lipinski definition) is 0. The highest BCUT2D eigenvalue weighted by Crippen LogP contribution is 2.06. The molecule has 98 valence electrons. The summed E-state index contributed by atoms with van der Waals surface area (Å²) in [6.45, 7) is 1.97. The average Bonchev–Trinajstić information content (AvgIpc) is 3.05. The molecule has 0 radical (unpaired) electrons. The van der Waals surface area contributed by atoms with Crippen LogP contribution in [-0.4, -0.2) is 30.0 Å². The molecule has 0 aliphatic heterocycles. The first-order valence-electron chi connectivity index (χ1n) is 6.63. The van der Waals surface area contributed by atoms with E-state index in [9.17, 15) is 0 Å². The molecule has 2 aromatic heterocycles. The summed E-state index contributed by atoms with van der Waals surface area (Å²) in [5.41, 5.74) is 0. The molecule has 0 atom stereocenters. The van der Waals surface area contributed by atoms with Gasteiger partial charge < -0.3 is 0 Å². The number of rotatable bonds is 9. The molecule has 0 saturated heterocycles. The number of aromatic nitrogens is 6. The van der Waals surface area contributed by atoms with Crippen molar-refractivity contribution in [1.29, 1.82) is 0 Å². The largest absolute Gasteiger partial charge is 0.253 e. The molecule has 6 nitrogen and oxygen atoms in total. The third-order valence-electron chi connectivity index (χ3n) is 2.97. The first-order valence-corrected chi connectivity index (χ1v) is 6.63. The Kier molecular flexibility index (Phi) is 5.36. The lowest BCUT2D eigenvalue weighted by atomic mass is 10.1. The SMILES string of the molecule is c1cn(CCCCCCCCn2ccnn2)nn1. The van der Waals surface area contributed by atoms with Gasteiger partial charge in [-0.25, -0.2) is 0 Å². The first-order chi connectivity index (χ1) is 8.95. The third kappa shape index (κ3) is 4.65. The van der Waals surface area contributed by atoms with Crippen molar-refractivity contribution in [3.8, 4) is 0 Å². The molecule has 0 aliphatic carbocycles. The Morgan fingerprint density at radius 3 is 1.44 bits per heavy atom. The summed E-state index contributed by atoms with van der Waals surface area (Å²) in [6.07, 6.45) is 14.8. The van der Waals surface area contributed by atoms with E-state index in [-0.39, 0.29) is 0 Å². The van der Waals surface area contributed by atoms with Gasteiger partial charge in [-0.2, -0.15) is 0 Å². The van der Waals surface area contributed by atoms with Crippen molar-refractivity contribution in [1.82, 2.24) is 30.0 Å². The van der Waals surface area contributed by atoms with Crippen LogP contribution in [0.15, 0.2) is 24.8 Å². The predicted molar refractivity (Wildman–Crippen MR) is 67.7 cm³/mol. The van der Waals surface area contributed by atoms with Crippen LogP contribution >= 0.6 is 0 Å². The maximum absolute atomic E-state index is 3.94. The van der Waals surface area contributed by atoms with Crippen LogP contribution in [0.2, 0.25) is 0 Å². The van der Waals surface area contributed by atoms with Gasteiger partial charge in [0.1, 0.15) is 0 Å². The van der Waals surface area contributed by atoms with Crippen molar-refractivity contribution in [2.45, 2.75) is 51.6 Å². The second-order valence-corrected chi connectivity index (χ2v) is 4.45. The van der Waals surface area contributed by atoms with Gasteiger partial charge in [0.2, 0.25) is 0 Å². The second-order valence-electron chi connectivity index (χ2n) is 4.45. The average molecular weight is 248 g/mol. The zero-order valence-electron chi connectivity index (χ0n) is 10.6. The summed E-state index contributed by atoms with van der Waals surface area (Å²) < 4.78 is 3.79. The van der Waals surface area contributed by atoms with Crippen molar-refractivity contribution >= 4 is 0 Å². The number of aryl methyl sites for hydroxylation is 2. The molecule has 0 unspecified atom stereocenters. The van der Waals surface area contributed by atoms with E-state index in [2.05, 4.69) is 20.6 Å². The van der Waals surface area contributed by atoms with E-state index in [1.54, 1.807) is 12.4 Å². The van der Waals surface area contributed by atoms with E-state index >= 15 is 0 Å². The van der Waals surface area contributed by atoms with Crippen molar-refractivity contribution in [2.75, 3.05) is 0 Å². The highest BCUT2D eigenvalue weighted by molar-refractivity contribution is 4.64. The van der Waals surface area contributed by atoms with Crippen LogP contribution in [0, 0.1) is 0 Å². The summed E-state index contributed by atoms with van der Waals surface area (Å²) in [6, 6.07) is 0. The molecule has 0 saturated carbocycles. The number of nitrogens with zero attached hydrogens (tertiary/aromatic N) is 6. The van der Waals surface area contributed by atoms with Crippen LogP contribution in [0.1, 0.15) is 38.5 Å². The maximum atomic E-state index is 3.94. The molecule has 0 bridgehead atoms. The summed E-state index contributed by atoms with van der Waals surface area (Å²) in [5, 5.41) is 15.5. The molecule has 2 aromatic rings. The van der Waals surface area contributed by atoms with Gasteiger partial charge in [-0.15, -0.1) is 10.2 Å². The molecule has 6 heteroatoms. The van der Waals surface area contributed by atoms with E-state index in [0.29, 0.717) is 0 Å². The summed E-state index contributed by atoms with van der Waals surface area (Å²) in [7, 11) is 0. The van der Waals surface area contributed by atoms with Gasteiger partial charge >= 0.3 is 0 Å². The Morgan fingerprint density at radius 1 is 0.611 bits per heavy atom. The van der Waals surface area contributed by atoms with Crippen molar-refractivity contribution in [3.05, 3.63) is 24.8 Å². The van der Waals surface area contributed by atoms with Crippen LogP contribution in [0.5, 0.6) is 0 Å². The minimum atomic E-state index is 0.985.